The van der Waals surface area contributed by atoms with Crippen molar-refractivity contribution in [2.24, 2.45) is 0 Å². The molecule has 0 atom stereocenters. The van der Waals surface area contributed by atoms with E-state index in [9.17, 15) is 6.85 Å². The predicted molar refractivity (Wildman–Crippen MR) is 200 cm³/mol. The summed E-state index contributed by atoms with van der Waals surface area (Å²) < 4.78 is 200. The van der Waals surface area contributed by atoms with Gasteiger partial charge in [0.15, 0.2) is 0 Å². The lowest BCUT2D eigenvalue weighted by atomic mass is 9.84. The molecule has 0 unspecified atom stereocenters. The van der Waals surface area contributed by atoms with Gasteiger partial charge in [-0.05, 0) is 101 Å². The van der Waals surface area contributed by atoms with Gasteiger partial charge >= 0.3 is 0 Å². The van der Waals surface area contributed by atoms with Gasteiger partial charge in [0.25, 0.3) is 0 Å². The summed E-state index contributed by atoms with van der Waals surface area (Å²) in [6.07, 6.45) is 0. The molecule has 1 heteroatoms. The molecular weight excluding hydrogens is 569 g/mol. The van der Waals surface area contributed by atoms with E-state index in [4.69, 9.17) is 27.7 Å². The van der Waals surface area contributed by atoms with Crippen molar-refractivity contribution in [1.29, 1.82) is 0 Å². The van der Waals surface area contributed by atoms with Crippen LogP contribution in [0, 0.1) is 0 Å². The fourth-order valence-corrected chi connectivity index (χ4v) is 6.28. The largest absolute Gasteiger partial charge is 0.456 e. The van der Waals surface area contributed by atoms with Crippen LogP contribution in [-0.2, 0) is 0 Å². The molecule has 0 bridgehead atoms. The summed E-state index contributed by atoms with van der Waals surface area (Å²) >= 11 is 0. The van der Waals surface area contributed by atoms with Crippen molar-refractivity contribution < 1.29 is 34.6 Å². The van der Waals surface area contributed by atoms with Crippen LogP contribution >= 0.6 is 0 Å². The van der Waals surface area contributed by atoms with Gasteiger partial charge in [0.1, 0.15) is 11.2 Å². The molecule has 47 heavy (non-hydrogen) atoms. The fourth-order valence-electron chi connectivity index (χ4n) is 6.28. The van der Waals surface area contributed by atoms with Gasteiger partial charge < -0.3 is 4.42 Å². The maximum Gasteiger partial charge on any atom is 0.136 e. The molecule has 10 aromatic rings. The van der Waals surface area contributed by atoms with Crippen LogP contribution in [0.5, 0.6) is 0 Å². The standard InChI is InChI=1S/C46H28O/c1-3-15-33-29(11-1)13-9-21-35(33)31-24-26-43-42(27-31)36-25-23-32(28-44(36)47-43)45-38-17-5-7-19-40(38)46(41-20-8-6-18-39(41)45)37-22-10-14-30-12-2-4-16-34(30)37/h1-28H/i1D,2D,3D,4D,5D,6D,7D,8D,9D,10D,11D,12D,13D,14D,15D,16D,17D,18D,19D,20D,21D,22D. The summed E-state index contributed by atoms with van der Waals surface area (Å²) in [5, 5.41) is -1.95. The first-order chi connectivity index (χ1) is 32.5. The first-order valence-corrected chi connectivity index (χ1v) is 14.4. The molecule has 1 nitrogen and oxygen atoms in total. The average Bonchev–Trinajstić information content (AvgIpc) is 3.70. The van der Waals surface area contributed by atoms with E-state index in [-0.39, 0.29) is 55.0 Å². The lowest BCUT2D eigenvalue weighted by molar-refractivity contribution is 0.669. The van der Waals surface area contributed by atoms with Crippen molar-refractivity contribution in [3.05, 3.63) is 169 Å². The lowest BCUT2D eigenvalue weighted by Crippen LogP contribution is -1.91. The van der Waals surface area contributed by atoms with Gasteiger partial charge in [0.05, 0.1) is 30.2 Å². The van der Waals surface area contributed by atoms with Crippen molar-refractivity contribution in [1.82, 2.24) is 0 Å². The second-order valence-corrected chi connectivity index (χ2v) is 10.8. The summed E-state index contributed by atoms with van der Waals surface area (Å²) in [5.74, 6) is 0. The Bertz CT molecular complexity index is 4000. The van der Waals surface area contributed by atoms with Crippen LogP contribution in [0.2, 0.25) is 0 Å². The van der Waals surface area contributed by atoms with E-state index in [1.54, 1.807) is 12.1 Å². The molecule has 0 amide bonds. The second kappa shape index (κ2) is 10.2. The zero-order chi connectivity index (χ0) is 50.0. The van der Waals surface area contributed by atoms with Crippen molar-refractivity contribution in [3.63, 3.8) is 0 Å². The molecule has 0 spiro atoms. The van der Waals surface area contributed by atoms with Gasteiger partial charge in [-0.15, -0.1) is 0 Å². The number of hydrogen-bond acceptors (Lipinski definition) is 1. The van der Waals surface area contributed by atoms with E-state index < -0.39 is 166 Å². The van der Waals surface area contributed by atoms with Crippen LogP contribution < -0.4 is 0 Å². The van der Waals surface area contributed by atoms with Crippen LogP contribution in [0.15, 0.2) is 174 Å². The third-order valence-electron chi connectivity index (χ3n) is 8.30. The van der Waals surface area contributed by atoms with Gasteiger partial charge in [-0.25, -0.2) is 0 Å². The molecule has 1 aromatic heterocycles. The van der Waals surface area contributed by atoms with Crippen molar-refractivity contribution in [3.8, 4) is 33.4 Å². The molecule has 0 saturated heterocycles. The number of rotatable bonds is 3. The number of hydrogen-bond donors (Lipinski definition) is 0. The number of furan rings is 1. The van der Waals surface area contributed by atoms with Gasteiger partial charge in [-0.1, -0.05) is 145 Å². The highest BCUT2D eigenvalue weighted by Gasteiger charge is 2.19. The van der Waals surface area contributed by atoms with E-state index in [0.29, 0.717) is 10.8 Å². The van der Waals surface area contributed by atoms with Crippen LogP contribution in [0.3, 0.4) is 0 Å². The third kappa shape index (κ3) is 3.97. The van der Waals surface area contributed by atoms with Gasteiger partial charge in [0.2, 0.25) is 0 Å². The van der Waals surface area contributed by atoms with E-state index in [0.717, 1.165) is 0 Å². The first-order valence-electron chi connectivity index (χ1n) is 25.4. The van der Waals surface area contributed by atoms with Gasteiger partial charge in [-0.2, -0.15) is 0 Å². The molecule has 9 aromatic carbocycles. The van der Waals surface area contributed by atoms with E-state index in [1.807, 2.05) is 0 Å². The Morgan fingerprint density at radius 3 is 1.51 bits per heavy atom. The molecule has 0 aliphatic rings. The van der Waals surface area contributed by atoms with E-state index >= 15 is 0 Å². The van der Waals surface area contributed by atoms with Crippen molar-refractivity contribution in [2.45, 2.75) is 0 Å². The zero-order valence-electron chi connectivity index (χ0n) is 45.9. The quantitative estimate of drug-likeness (QED) is 0.180. The SMILES string of the molecule is [2H]c1c([2H])c([2H])c2c(-c3ccc4oc5cc(-c6c7c([2H])c([2H])c([2H])c([2H])c7c(-c7c([2H])c([2H])c([2H])c8c([2H])c([2H])c([2H])c([2H])c78)c7c([2H])c([2H])c([2H])c([2H])c67)ccc5c4c3)c([2H])c([2H])c([2H])c2c1[2H]. The van der Waals surface area contributed by atoms with Crippen LogP contribution in [0.1, 0.15) is 30.2 Å². The molecule has 0 aliphatic carbocycles. The Morgan fingerprint density at radius 1 is 0.340 bits per heavy atom. The minimum absolute atomic E-state index is 0.0266. The van der Waals surface area contributed by atoms with Crippen LogP contribution in [0.25, 0.3) is 98.4 Å². The third-order valence-corrected chi connectivity index (χ3v) is 8.30. The van der Waals surface area contributed by atoms with E-state index in [2.05, 4.69) is 0 Å². The normalized spacial score (nSPS) is 18.4. The maximum atomic E-state index is 9.38. The van der Waals surface area contributed by atoms with Crippen molar-refractivity contribution in [2.75, 3.05) is 0 Å². The number of benzene rings is 9. The smallest absolute Gasteiger partial charge is 0.136 e. The van der Waals surface area contributed by atoms with Crippen molar-refractivity contribution >= 4 is 65.0 Å². The molecule has 0 saturated carbocycles. The van der Waals surface area contributed by atoms with Crippen LogP contribution in [-0.4, -0.2) is 0 Å². The zero-order valence-corrected chi connectivity index (χ0v) is 23.9. The average molecular weight is 619 g/mol. The molecular formula is C46H28O. The Labute approximate surface area is 302 Å². The van der Waals surface area contributed by atoms with E-state index in [1.165, 1.54) is 24.3 Å². The minimum atomic E-state index is -0.821. The predicted octanol–water partition coefficient (Wildman–Crippen LogP) is 13.2. The Kier molecular flexibility index (Phi) is 2.71. The number of fused-ring (bicyclic) bond motifs is 7. The molecule has 218 valence electrons. The highest BCUT2D eigenvalue weighted by Crippen LogP contribution is 2.46. The fraction of sp³-hybridized carbons (Fsp3) is 0. The molecule has 0 fully saturated rings. The Morgan fingerprint density at radius 2 is 0.851 bits per heavy atom. The Hall–Kier alpha value is -6.18. The van der Waals surface area contributed by atoms with Gasteiger partial charge in [0, 0.05) is 10.8 Å². The van der Waals surface area contributed by atoms with Crippen LogP contribution in [0.4, 0.5) is 0 Å². The highest BCUT2D eigenvalue weighted by molar-refractivity contribution is 6.24. The molecule has 10 rings (SSSR count). The lowest BCUT2D eigenvalue weighted by Gasteiger charge is -2.18. The monoisotopic (exact) mass is 618 g/mol. The summed E-state index contributed by atoms with van der Waals surface area (Å²) in [6.45, 7) is 0. The minimum Gasteiger partial charge on any atom is -0.456 e. The highest BCUT2D eigenvalue weighted by atomic mass is 16.3. The first kappa shape index (κ1) is 12.5. The van der Waals surface area contributed by atoms with Gasteiger partial charge in [-0.3, -0.25) is 0 Å². The second-order valence-electron chi connectivity index (χ2n) is 10.8. The molecule has 0 radical (unpaired) electrons. The topological polar surface area (TPSA) is 13.1 Å². The summed E-state index contributed by atoms with van der Waals surface area (Å²) in [6, 6.07) is -5.96. The summed E-state index contributed by atoms with van der Waals surface area (Å²) in [4.78, 5) is 0. The molecule has 0 N–H and O–H groups in total. The summed E-state index contributed by atoms with van der Waals surface area (Å²) in [7, 11) is 0. The Balaban J connectivity index is 1.35. The molecule has 0 aliphatic heterocycles. The summed E-state index contributed by atoms with van der Waals surface area (Å²) in [5.41, 5.74) is -0.355. The maximum absolute atomic E-state index is 9.38. The molecule has 1 heterocycles.